The molecule has 0 aliphatic rings. The fourth-order valence-electron chi connectivity index (χ4n) is 1.79. The Balaban J connectivity index is 2.21. The summed E-state index contributed by atoms with van der Waals surface area (Å²) in [6, 6.07) is 14.0. The molecule has 0 atom stereocenters. The summed E-state index contributed by atoms with van der Waals surface area (Å²) >= 11 is 3.43. The maximum Gasteiger partial charge on any atom is 0.169 e. The summed E-state index contributed by atoms with van der Waals surface area (Å²) in [7, 11) is 1.66. The third kappa shape index (κ3) is 3.51. The highest BCUT2D eigenvalue weighted by Gasteiger charge is 2.06. The molecule has 0 amide bonds. The fourth-order valence-corrected chi connectivity index (χ4v) is 2.16. The van der Waals surface area contributed by atoms with Crippen molar-refractivity contribution in [2.45, 2.75) is 18.7 Å². The smallest absolute Gasteiger partial charge is 0.169 e. The van der Waals surface area contributed by atoms with E-state index in [0.717, 1.165) is 29.0 Å². The lowest BCUT2D eigenvalue weighted by molar-refractivity contribution is 0.378. The summed E-state index contributed by atoms with van der Waals surface area (Å²) in [6.45, 7) is 2.12. The molecule has 2 rings (SSSR count). The highest BCUT2D eigenvalue weighted by molar-refractivity contribution is 9.08. The van der Waals surface area contributed by atoms with Crippen LogP contribution < -0.4 is 9.47 Å². The Kier molecular flexibility index (Phi) is 4.86. The van der Waals surface area contributed by atoms with Gasteiger partial charge in [-0.05, 0) is 41.8 Å². The first-order valence-electron chi connectivity index (χ1n) is 6.26. The van der Waals surface area contributed by atoms with E-state index in [9.17, 15) is 0 Å². The molecule has 0 saturated carbocycles. The third-order valence-corrected chi connectivity index (χ3v) is 3.59. The van der Waals surface area contributed by atoms with Crippen LogP contribution in [-0.2, 0) is 11.8 Å². The summed E-state index contributed by atoms with van der Waals surface area (Å²) in [5.74, 6) is 2.32. The molecule has 2 aromatic rings. The molecule has 0 aliphatic carbocycles. The average molecular weight is 321 g/mol. The summed E-state index contributed by atoms with van der Waals surface area (Å²) in [4.78, 5) is 0. The number of halogens is 1. The quantitative estimate of drug-likeness (QED) is 0.726. The zero-order chi connectivity index (χ0) is 13.7. The van der Waals surface area contributed by atoms with E-state index in [0.29, 0.717) is 0 Å². The lowest BCUT2D eigenvalue weighted by atomic mass is 10.1. The molecular formula is C16H17BrO2. The van der Waals surface area contributed by atoms with Crippen molar-refractivity contribution in [3.63, 3.8) is 0 Å². The van der Waals surface area contributed by atoms with Gasteiger partial charge in [-0.15, -0.1) is 0 Å². The molecule has 19 heavy (non-hydrogen) atoms. The standard InChI is InChI=1S/C16H17BrO2/c1-3-12-6-9-15(16(10-12)18-2)19-14-7-4-13(11-17)5-8-14/h4-10H,3,11H2,1-2H3. The number of benzene rings is 2. The predicted octanol–water partition coefficient (Wildman–Crippen LogP) is 4.94. The van der Waals surface area contributed by atoms with Crippen molar-refractivity contribution in [2.75, 3.05) is 7.11 Å². The molecule has 0 bridgehead atoms. The van der Waals surface area contributed by atoms with Gasteiger partial charge < -0.3 is 9.47 Å². The van der Waals surface area contributed by atoms with Gasteiger partial charge in [0.25, 0.3) is 0 Å². The Morgan fingerprint density at radius 2 is 1.63 bits per heavy atom. The first-order chi connectivity index (χ1) is 9.26. The van der Waals surface area contributed by atoms with Crippen LogP contribution >= 0.6 is 15.9 Å². The normalized spacial score (nSPS) is 10.3. The Bertz CT molecular complexity index is 535. The van der Waals surface area contributed by atoms with Gasteiger partial charge in [-0.3, -0.25) is 0 Å². The highest BCUT2D eigenvalue weighted by atomic mass is 79.9. The summed E-state index contributed by atoms with van der Waals surface area (Å²) in [6.07, 6.45) is 0.983. The largest absolute Gasteiger partial charge is 0.493 e. The molecule has 2 aromatic carbocycles. The molecule has 2 nitrogen and oxygen atoms in total. The minimum Gasteiger partial charge on any atom is -0.493 e. The van der Waals surface area contributed by atoms with E-state index in [4.69, 9.17) is 9.47 Å². The molecule has 0 aromatic heterocycles. The van der Waals surface area contributed by atoms with Crippen LogP contribution in [0.15, 0.2) is 42.5 Å². The highest BCUT2D eigenvalue weighted by Crippen LogP contribution is 2.32. The number of methoxy groups -OCH3 is 1. The van der Waals surface area contributed by atoms with Crippen LogP contribution in [0, 0.1) is 0 Å². The number of alkyl halides is 1. The molecule has 3 heteroatoms. The van der Waals surface area contributed by atoms with Gasteiger partial charge in [-0.2, -0.15) is 0 Å². The minimum absolute atomic E-state index is 0.742. The van der Waals surface area contributed by atoms with Gasteiger partial charge in [0.1, 0.15) is 5.75 Å². The second-order valence-electron chi connectivity index (χ2n) is 4.22. The minimum atomic E-state index is 0.742. The Hall–Kier alpha value is -1.48. The van der Waals surface area contributed by atoms with E-state index in [1.165, 1.54) is 11.1 Å². The molecule has 0 heterocycles. The molecule has 0 saturated heterocycles. The van der Waals surface area contributed by atoms with Crippen LogP contribution in [0.2, 0.25) is 0 Å². The summed E-state index contributed by atoms with van der Waals surface area (Å²) in [5, 5.41) is 0.849. The van der Waals surface area contributed by atoms with Gasteiger partial charge >= 0.3 is 0 Å². The fraction of sp³-hybridized carbons (Fsp3) is 0.250. The van der Waals surface area contributed by atoms with Crippen molar-refractivity contribution >= 4 is 15.9 Å². The first kappa shape index (κ1) is 13.9. The number of rotatable bonds is 5. The molecule has 0 fully saturated rings. The average Bonchev–Trinajstić information content (AvgIpc) is 2.48. The SMILES string of the molecule is CCc1ccc(Oc2ccc(CBr)cc2)c(OC)c1. The molecule has 0 unspecified atom stereocenters. The Morgan fingerprint density at radius 1 is 0.947 bits per heavy atom. The molecule has 0 aliphatic heterocycles. The number of aryl methyl sites for hydroxylation is 1. The van der Waals surface area contributed by atoms with Crippen molar-refractivity contribution in [3.05, 3.63) is 53.6 Å². The molecular weight excluding hydrogens is 304 g/mol. The Labute approximate surface area is 122 Å². The van der Waals surface area contributed by atoms with E-state index in [1.807, 2.05) is 36.4 Å². The lowest BCUT2D eigenvalue weighted by Crippen LogP contribution is -1.92. The van der Waals surface area contributed by atoms with E-state index in [2.05, 4.69) is 28.9 Å². The monoisotopic (exact) mass is 320 g/mol. The predicted molar refractivity (Wildman–Crippen MR) is 81.5 cm³/mol. The van der Waals surface area contributed by atoms with Crippen LogP contribution in [0.1, 0.15) is 18.1 Å². The second kappa shape index (κ2) is 6.62. The molecule has 0 spiro atoms. The van der Waals surface area contributed by atoms with Crippen molar-refractivity contribution in [3.8, 4) is 17.2 Å². The maximum absolute atomic E-state index is 5.86. The number of ether oxygens (including phenoxy) is 2. The maximum atomic E-state index is 5.86. The van der Waals surface area contributed by atoms with E-state index < -0.39 is 0 Å². The Morgan fingerprint density at radius 3 is 2.21 bits per heavy atom. The summed E-state index contributed by atoms with van der Waals surface area (Å²) < 4.78 is 11.2. The summed E-state index contributed by atoms with van der Waals surface area (Å²) in [5.41, 5.74) is 2.46. The molecule has 0 N–H and O–H groups in total. The van der Waals surface area contributed by atoms with Crippen LogP contribution in [0.4, 0.5) is 0 Å². The zero-order valence-corrected chi connectivity index (χ0v) is 12.7. The van der Waals surface area contributed by atoms with Crippen molar-refractivity contribution in [1.29, 1.82) is 0 Å². The van der Waals surface area contributed by atoms with E-state index >= 15 is 0 Å². The van der Waals surface area contributed by atoms with Gasteiger partial charge in [0, 0.05) is 5.33 Å². The zero-order valence-electron chi connectivity index (χ0n) is 11.2. The van der Waals surface area contributed by atoms with Crippen molar-refractivity contribution < 1.29 is 9.47 Å². The molecule has 100 valence electrons. The van der Waals surface area contributed by atoms with E-state index in [1.54, 1.807) is 7.11 Å². The molecule has 0 radical (unpaired) electrons. The van der Waals surface area contributed by atoms with Gasteiger partial charge in [-0.25, -0.2) is 0 Å². The van der Waals surface area contributed by atoms with Gasteiger partial charge in [0.05, 0.1) is 7.11 Å². The topological polar surface area (TPSA) is 18.5 Å². The van der Waals surface area contributed by atoms with E-state index in [-0.39, 0.29) is 0 Å². The number of hydrogen-bond donors (Lipinski definition) is 0. The van der Waals surface area contributed by atoms with Gasteiger partial charge in [0.15, 0.2) is 11.5 Å². The lowest BCUT2D eigenvalue weighted by Gasteiger charge is -2.11. The second-order valence-corrected chi connectivity index (χ2v) is 4.78. The van der Waals surface area contributed by atoms with Crippen LogP contribution in [0.25, 0.3) is 0 Å². The van der Waals surface area contributed by atoms with Crippen LogP contribution in [-0.4, -0.2) is 7.11 Å². The van der Waals surface area contributed by atoms with Crippen LogP contribution in [0.5, 0.6) is 17.2 Å². The van der Waals surface area contributed by atoms with Gasteiger partial charge in [0.2, 0.25) is 0 Å². The third-order valence-electron chi connectivity index (χ3n) is 2.94. The van der Waals surface area contributed by atoms with Crippen molar-refractivity contribution in [2.24, 2.45) is 0 Å². The van der Waals surface area contributed by atoms with Crippen LogP contribution in [0.3, 0.4) is 0 Å². The van der Waals surface area contributed by atoms with Gasteiger partial charge in [-0.1, -0.05) is 41.1 Å². The first-order valence-corrected chi connectivity index (χ1v) is 7.38. The van der Waals surface area contributed by atoms with Crippen molar-refractivity contribution in [1.82, 2.24) is 0 Å². The number of hydrogen-bond acceptors (Lipinski definition) is 2.